The third kappa shape index (κ3) is 56.3. The highest BCUT2D eigenvalue weighted by Gasteiger charge is 2.26. The molecule has 0 radical (unpaired) electrons. The molecule has 0 aliphatic rings. The number of hydrogen-bond acceptors (Lipinski definition) is 11. The molecule has 13 nitrogen and oxygen atoms in total. The molecule has 0 bridgehead atoms. The fourth-order valence-corrected chi connectivity index (χ4v) is 13.3. The number of carbonyl (C=O) groups excluding carboxylic acids is 4. The van der Waals surface area contributed by atoms with Crippen molar-refractivity contribution in [3.63, 3.8) is 0 Å². The van der Waals surface area contributed by atoms with E-state index in [0.29, 0.717) is 22.9 Å². The van der Waals surface area contributed by atoms with Crippen molar-refractivity contribution >= 4 is 29.1 Å². The van der Waals surface area contributed by atoms with Gasteiger partial charge in [0.1, 0.15) is 18.0 Å². The fraction of sp³-hybridized carbons (Fsp3) is 0.612. The van der Waals surface area contributed by atoms with Gasteiger partial charge in [-0.2, -0.15) is 0 Å². The zero-order chi connectivity index (χ0) is 104. The van der Waals surface area contributed by atoms with Crippen molar-refractivity contribution in [1.82, 2.24) is 40.9 Å². The summed E-state index contributed by atoms with van der Waals surface area (Å²) < 4.78 is 0. The lowest BCUT2D eigenvalue weighted by Crippen LogP contribution is -2.41. The van der Waals surface area contributed by atoms with Crippen molar-refractivity contribution in [3.05, 3.63) is 249 Å². The second-order valence-corrected chi connectivity index (χ2v) is 54.0. The molecule has 134 heavy (non-hydrogen) atoms. The Morgan fingerprint density at radius 1 is 0.246 bits per heavy atom. The zero-order valence-electron chi connectivity index (χ0n) is 94.5. The Bertz CT molecular complexity index is 4360. The maximum absolute atomic E-state index is 11.9. The number of amides is 2. The van der Waals surface area contributed by atoms with Gasteiger partial charge >= 0.3 is 0 Å². The third-order valence-corrected chi connectivity index (χ3v) is 21.3. The van der Waals surface area contributed by atoms with E-state index in [0.717, 1.165) is 67.1 Å². The number of rotatable bonds is 16. The van der Waals surface area contributed by atoms with E-state index in [1.165, 1.54) is 55.8 Å². The summed E-state index contributed by atoms with van der Waals surface area (Å²) in [5.74, 6) is -0.680. The van der Waals surface area contributed by atoms with Gasteiger partial charge in [0, 0.05) is 104 Å². The van der Waals surface area contributed by atoms with Gasteiger partial charge in [-0.15, -0.1) is 0 Å². The quantitative estimate of drug-likeness (QED) is 0.0676. The minimum Gasteiger partial charge on any atom is -0.351 e. The van der Waals surface area contributed by atoms with Crippen molar-refractivity contribution in [2.75, 3.05) is 18.4 Å². The summed E-state index contributed by atoms with van der Waals surface area (Å²) in [6, 6.07) is 47.7. The number of ketones is 2. The highest BCUT2D eigenvalue weighted by molar-refractivity contribution is 6.03. The highest BCUT2D eigenvalue weighted by atomic mass is 16.2. The number of anilines is 1. The van der Waals surface area contributed by atoms with Crippen LogP contribution in [-0.4, -0.2) is 78.0 Å². The summed E-state index contributed by atoms with van der Waals surface area (Å²) in [5.41, 5.74) is 21.7. The Morgan fingerprint density at radius 3 is 0.821 bits per heavy atom. The number of pyridine rings is 5. The van der Waals surface area contributed by atoms with Crippen LogP contribution in [0.2, 0.25) is 0 Å². The van der Waals surface area contributed by atoms with Gasteiger partial charge in [0.2, 0.25) is 11.8 Å². The van der Waals surface area contributed by atoms with E-state index in [9.17, 15) is 19.2 Å². The van der Waals surface area contributed by atoms with Crippen LogP contribution in [0.1, 0.15) is 436 Å². The summed E-state index contributed by atoms with van der Waals surface area (Å²) in [7, 11) is 0. The molecule has 0 aliphatic carbocycles. The van der Waals surface area contributed by atoms with Crippen LogP contribution in [-0.2, 0) is 105 Å². The molecule has 0 spiro atoms. The molecule has 0 saturated heterocycles. The van der Waals surface area contributed by atoms with Gasteiger partial charge in [-0.25, -0.2) is 0 Å². The van der Waals surface area contributed by atoms with E-state index in [1.54, 1.807) is 12.3 Å². The number of Topliss-reactive ketones (excluding diaryl/α,β-unsaturated/α-hetero) is 2. The fourth-order valence-electron chi connectivity index (χ4n) is 13.3. The lowest BCUT2D eigenvalue weighted by molar-refractivity contribution is -0.129. The first-order valence-electron chi connectivity index (χ1n) is 49.3. The molecule has 2 amide bonds. The molecule has 8 rings (SSSR count). The van der Waals surface area contributed by atoms with Crippen LogP contribution in [0.25, 0.3) is 0 Å². The normalized spacial score (nSPS) is 12.7. The SMILES string of the molecule is CC(C)(C)CC(=O)CC(=O)Cc1ccc(C(C)(C)C)cn1.CC(C)(C)Cc1ccc(C(C)(C)C)cc1.CC(C)(C)Cc1ccc(C(C)(C)C)nc1.CC(C)(C)NC(=O)CC(=O)Nc1ccc(C(C)(C)C)nc1.CC(C)(C)NCCc1ccc(C(C)(C)C)cc1.CC(C)(C)NCCc1ccc(C(C)(C)C)nc1.CC(C)(C)c1ccc(C(C)(C)C)cc1.CC(C)(C)c1ccc(C(C)(C)C)nc1. The summed E-state index contributed by atoms with van der Waals surface area (Å²) in [5, 5.41) is 12.4. The van der Waals surface area contributed by atoms with Crippen LogP contribution < -0.4 is 21.3 Å². The summed E-state index contributed by atoms with van der Waals surface area (Å²) in [4.78, 5) is 69.4. The summed E-state index contributed by atoms with van der Waals surface area (Å²) in [6.45, 7) is 106. The molecule has 13 heteroatoms. The molecular formula is C121H195N9O4. The second-order valence-electron chi connectivity index (χ2n) is 54.0. The smallest absolute Gasteiger partial charge is 0.233 e. The van der Waals surface area contributed by atoms with Crippen molar-refractivity contribution in [3.8, 4) is 0 Å². The maximum Gasteiger partial charge on any atom is 0.233 e. The Labute approximate surface area is 821 Å². The van der Waals surface area contributed by atoms with Crippen LogP contribution in [0.5, 0.6) is 0 Å². The topological polar surface area (TPSA) is 181 Å². The molecule has 3 aromatic carbocycles. The van der Waals surface area contributed by atoms with Crippen LogP contribution in [0.15, 0.2) is 164 Å². The number of hydrogen-bond donors (Lipinski definition) is 4. The van der Waals surface area contributed by atoms with Gasteiger partial charge in [0.15, 0.2) is 0 Å². The number of nitrogens with zero attached hydrogens (tertiary/aromatic N) is 5. The number of aromatic nitrogens is 5. The van der Waals surface area contributed by atoms with E-state index in [4.69, 9.17) is 0 Å². The molecule has 0 aliphatic heterocycles. The van der Waals surface area contributed by atoms with Gasteiger partial charge in [-0.1, -0.05) is 367 Å². The molecule has 0 saturated carbocycles. The second kappa shape index (κ2) is 50.8. The molecule has 0 atom stereocenters. The monoisotopic (exact) mass is 1840 g/mol. The van der Waals surface area contributed by atoms with Crippen molar-refractivity contribution in [2.24, 2.45) is 16.2 Å². The Morgan fingerprint density at radius 2 is 0.537 bits per heavy atom. The minimum absolute atomic E-state index is 0.0128. The van der Waals surface area contributed by atoms with Gasteiger partial charge in [-0.05, 0) is 242 Å². The molecule has 0 fully saturated rings. The lowest BCUT2D eigenvalue weighted by Gasteiger charge is -2.23. The third-order valence-electron chi connectivity index (χ3n) is 21.3. The van der Waals surface area contributed by atoms with E-state index >= 15 is 0 Å². The Hall–Kier alpha value is -8.39. The number of benzene rings is 3. The highest BCUT2D eigenvalue weighted by Crippen LogP contribution is 2.33. The molecule has 748 valence electrons. The van der Waals surface area contributed by atoms with Crippen LogP contribution in [0.3, 0.4) is 0 Å². The van der Waals surface area contributed by atoms with E-state index in [-0.39, 0.29) is 119 Å². The zero-order valence-corrected chi connectivity index (χ0v) is 94.5. The lowest BCUT2D eigenvalue weighted by atomic mass is 9.82. The Balaban J connectivity index is 0.000000769. The van der Waals surface area contributed by atoms with Crippen LogP contribution >= 0.6 is 0 Å². The summed E-state index contributed by atoms with van der Waals surface area (Å²) in [6.07, 6.45) is 14.3. The van der Waals surface area contributed by atoms with Gasteiger partial charge in [0.25, 0.3) is 0 Å². The molecule has 8 aromatic rings. The van der Waals surface area contributed by atoms with E-state index in [2.05, 4.69) is 446 Å². The first-order valence-corrected chi connectivity index (χ1v) is 49.3. The summed E-state index contributed by atoms with van der Waals surface area (Å²) >= 11 is 0. The number of carbonyl (C=O) groups is 4. The van der Waals surface area contributed by atoms with Crippen molar-refractivity contribution in [1.29, 1.82) is 0 Å². The molecule has 0 unspecified atom stereocenters. The predicted octanol–water partition coefficient (Wildman–Crippen LogP) is 30.2. The van der Waals surface area contributed by atoms with Crippen molar-refractivity contribution in [2.45, 2.75) is 454 Å². The standard InChI is InChI=1S/C18H27NO2.C16H25N3O2.C16H27N.C15H26N2.C15H24.C14H23N.C14H22.C13H21N/c1-17(2,3)11-16(21)10-15(20)9-14-8-7-13(12-19-14)18(4,5)6;1-15(2,3)12-8-7-11(10-17-12)18-13(20)9-14(21)19-16(4,5)6;1-15(2,3)14-9-7-13(8-10-14)11-12-17-16(4,5)6;1-14(2,3)13-8-7-12(11-16-13)9-10-17-15(4,5)6;1-14(2,3)11-12-7-9-13(10-8-12)15(4,5)6;1-13(2,3)9-11-7-8-12(15-10-11)14(4,5)6;1-13(2,3)11-7-9-12(10-8-11)14(4,5)6;1-12(2,3)10-7-8-11(14-9-10)13(4,5)6/h7-8,12H,9-11H2,1-6H3;7-8,10H,9H2,1-6H3,(H,18,20)(H,19,21);7-10,17H,11-12H2,1-6H3;7-8,11,17H,9-10H2,1-6H3;7-10H,11H2,1-6H3;7-8,10H,9H2,1-6H3;7-10H,1-6H3;7-9H,1-6H3. The molecule has 5 aromatic heterocycles. The molecule has 4 N–H and O–H groups in total. The minimum atomic E-state index is -0.345. The maximum atomic E-state index is 11.9. The van der Waals surface area contributed by atoms with E-state index in [1.807, 2.05) is 84.5 Å². The predicted molar refractivity (Wildman–Crippen MR) is 580 cm³/mol. The van der Waals surface area contributed by atoms with Crippen LogP contribution in [0.4, 0.5) is 5.69 Å². The largest absolute Gasteiger partial charge is 0.351 e. The van der Waals surface area contributed by atoms with Gasteiger partial charge in [0.05, 0.1) is 18.3 Å². The van der Waals surface area contributed by atoms with Gasteiger partial charge < -0.3 is 21.3 Å². The first kappa shape index (κ1) is 124. The van der Waals surface area contributed by atoms with E-state index < -0.39 is 0 Å². The van der Waals surface area contributed by atoms with Crippen molar-refractivity contribution < 1.29 is 19.2 Å². The average Bonchev–Trinajstić information content (AvgIpc) is 0.818. The Kier molecular flexibility index (Phi) is 46.9. The molecular weight excluding hydrogens is 1640 g/mol. The first-order chi connectivity index (χ1) is 60.1. The average molecular weight is 1840 g/mol. The van der Waals surface area contributed by atoms with Crippen LogP contribution in [0, 0.1) is 16.2 Å². The number of nitrogens with one attached hydrogen (secondary N) is 4. The molecule has 5 heterocycles. The van der Waals surface area contributed by atoms with Gasteiger partial charge in [-0.3, -0.25) is 44.1 Å².